The van der Waals surface area contributed by atoms with E-state index in [1.54, 1.807) is 11.8 Å². The number of benzene rings is 1. The van der Waals surface area contributed by atoms with E-state index in [1.807, 2.05) is 0 Å². The standard InChI is InChI=1S/C18H23F3N2O3/c1-13(14-2-4-15(5-3-14)18(19,20)21)12-16(24)22-7-6-17(25)23-8-10-26-11-9-23/h2-5,13H,6-12H2,1H3,(H,22,24). The molecular weight excluding hydrogens is 349 g/mol. The summed E-state index contributed by atoms with van der Waals surface area (Å²) in [6.45, 7) is 4.22. The van der Waals surface area contributed by atoms with Crippen LogP contribution < -0.4 is 5.32 Å². The number of nitrogens with zero attached hydrogens (tertiary/aromatic N) is 1. The van der Waals surface area contributed by atoms with Crippen LogP contribution in [0.25, 0.3) is 0 Å². The van der Waals surface area contributed by atoms with Gasteiger partial charge in [-0.05, 0) is 23.6 Å². The molecule has 0 aromatic heterocycles. The number of morpholine rings is 1. The zero-order valence-electron chi connectivity index (χ0n) is 14.6. The van der Waals surface area contributed by atoms with Gasteiger partial charge in [-0.25, -0.2) is 0 Å². The molecular formula is C18H23F3N2O3. The summed E-state index contributed by atoms with van der Waals surface area (Å²) < 4.78 is 42.9. The first-order valence-corrected chi connectivity index (χ1v) is 8.56. The Balaban J connectivity index is 1.73. The number of carbonyl (C=O) groups is 2. The molecule has 0 spiro atoms. The van der Waals surface area contributed by atoms with Gasteiger partial charge in [0.25, 0.3) is 0 Å². The lowest BCUT2D eigenvalue weighted by Gasteiger charge is -2.26. The van der Waals surface area contributed by atoms with Gasteiger partial charge in [0, 0.05) is 32.5 Å². The van der Waals surface area contributed by atoms with Crippen molar-refractivity contribution in [1.82, 2.24) is 10.2 Å². The highest BCUT2D eigenvalue weighted by molar-refractivity contribution is 5.79. The predicted octanol–water partition coefficient (Wildman–Crippen LogP) is 2.56. The fourth-order valence-corrected chi connectivity index (χ4v) is 2.75. The van der Waals surface area contributed by atoms with Crippen LogP contribution in [0.4, 0.5) is 13.2 Å². The lowest BCUT2D eigenvalue weighted by atomic mass is 9.96. The number of nitrogens with one attached hydrogen (secondary N) is 1. The van der Waals surface area contributed by atoms with Crippen LogP contribution in [0.2, 0.25) is 0 Å². The van der Waals surface area contributed by atoms with E-state index in [4.69, 9.17) is 4.74 Å². The van der Waals surface area contributed by atoms with Crippen molar-refractivity contribution in [1.29, 1.82) is 0 Å². The second-order valence-corrected chi connectivity index (χ2v) is 6.32. The fourth-order valence-electron chi connectivity index (χ4n) is 2.75. The molecule has 1 atom stereocenters. The highest BCUT2D eigenvalue weighted by Gasteiger charge is 2.30. The second kappa shape index (κ2) is 9.02. The normalized spacial score (nSPS) is 16.2. The van der Waals surface area contributed by atoms with Gasteiger partial charge in [0.1, 0.15) is 0 Å². The maximum atomic E-state index is 12.6. The molecule has 1 saturated heterocycles. The van der Waals surface area contributed by atoms with Crippen LogP contribution in [-0.2, 0) is 20.5 Å². The van der Waals surface area contributed by atoms with E-state index in [-0.39, 0.29) is 37.1 Å². The minimum atomic E-state index is -4.37. The summed E-state index contributed by atoms with van der Waals surface area (Å²) in [7, 11) is 0. The molecule has 0 bridgehead atoms. The molecule has 1 N–H and O–H groups in total. The molecule has 2 amide bonds. The van der Waals surface area contributed by atoms with Crippen molar-refractivity contribution in [2.45, 2.75) is 31.9 Å². The van der Waals surface area contributed by atoms with E-state index in [2.05, 4.69) is 5.32 Å². The molecule has 1 aromatic carbocycles. The van der Waals surface area contributed by atoms with Crippen LogP contribution in [0.15, 0.2) is 24.3 Å². The van der Waals surface area contributed by atoms with Gasteiger partial charge in [-0.1, -0.05) is 19.1 Å². The van der Waals surface area contributed by atoms with E-state index < -0.39 is 11.7 Å². The average Bonchev–Trinajstić information content (AvgIpc) is 2.61. The van der Waals surface area contributed by atoms with E-state index in [1.165, 1.54) is 12.1 Å². The van der Waals surface area contributed by atoms with Crippen LogP contribution in [-0.4, -0.2) is 49.6 Å². The van der Waals surface area contributed by atoms with Gasteiger partial charge in [-0.2, -0.15) is 13.2 Å². The summed E-state index contributed by atoms with van der Waals surface area (Å²) in [4.78, 5) is 25.6. The van der Waals surface area contributed by atoms with Crippen molar-refractivity contribution in [2.75, 3.05) is 32.8 Å². The van der Waals surface area contributed by atoms with Gasteiger partial charge in [0.2, 0.25) is 11.8 Å². The Morgan fingerprint density at radius 1 is 1.19 bits per heavy atom. The molecule has 2 rings (SSSR count). The molecule has 1 unspecified atom stereocenters. The maximum Gasteiger partial charge on any atom is 0.416 e. The molecule has 0 aliphatic carbocycles. The lowest BCUT2D eigenvalue weighted by Crippen LogP contribution is -2.42. The molecule has 1 aromatic rings. The number of halogens is 3. The van der Waals surface area contributed by atoms with Crippen LogP contribution in [0.3, 0.4) is 0 Å². The monoisotopic (exact) mass is 372 g/mol. The van der Waals surface area contributed by atoms with Crippen molar-refractivity contribution in [3.8, 4) is 0 Å². The smallest absolute Gasteiger partial charge is 0.378 e. The zero-order valence-corrected chi connectivity index (χ0v) is 14.6. The van der Waals surface area contributed by atoms with Crippen LogP contribution in [0, 0.1) is 0 Å². The number of amides is 2. The molecule has 1 fully saturated rings. The number of alkyl halides is 3. The summed E-state index contributed by atoms with van der Waals surface area (Å²) in [6.07, 6.45) is -4.00. The lowest BCUT2D eigenvalue weighted by molar-refractivity contribution is -0.137. The van der Waals surface area contributed by atoms with Crippen LogP contribution in [0.1, 0.15) is 36.8 Å². The van der Waals surface area contributed by atoms with Crippen molar-refractivity contribution >= 4 is 11.8 Å². The third kappa shape index (κ3) is 6.01. The third-order valence-corrected chi connectivity index (χ3v) is 4.32. The summed E-state index contributed by atoms with van der Waals surface area (Å²) >= 11 is 0. The van der Waals surface area contributed by atoms with E-state index in [0.29, 0.717) is 31.9 Å². The number of hydrogen-bond donors (Lipinski definition) is 1. The Labute approximate surface area is 150 Å². The largest absolute Gasteiger partial charge is 0.416 e. The van der Waals surface area contributed by atoms with Gasteiger partial charge in [0.15, 0.2) is 0 Å². The highest BCUT2D eigenvalue weighted by atomic mass is 19.4. The molecule has 1 aliphatic heterocycles. The first-order chi connectivity index (χ1) is 12.3. The Morgan fingerprint density at radius 2 is 1.81 bits per heavy atom. The van der Waals surface area contributed by atoms with E-state index in [9.17, 15) is 22.8 Å². The summed E-state index contributed by atoms with van der Waals surface area (Å²) in [5, 5.41) is 2.69. The topological polar surface area (TPSA) is 58.6 Å². The molecule has 26 heavy (non-hydrogen) atoms. The summed E-state index contributed by atoms with van der Waals surface area (Å²) in [5.41, 5.74) is -0.0444. The summed E-state index contributed by atoms with van der Waals surface area (Å²) in [5.74, 6) is -0.469. The van der Waals surface area contributed by atoms with Crippen molar-refractivity contribution in [3.63, 3.8) is 0 Å². The SMILES string of the molecule is CC(CC(=O)NCCC(=O)N1CCOCC1)c1ccc(C(F)(F)F)cc1. The molecule has 144 valence electrons. The minimum Gasteiger partial charge on any atom is -0.378 e. The first-order valence-electron chi connectivity index (χ1n) is 8.56. The Bertz CT molecular complexity index is 611. The van der Waals surface area contributed by atoms with Crippen molar-refractivity contribution in [2.24, 2.45) is 0 Å². The zero-order chi connectivity index (χ0) is 19.2. The Hall–Kier alpha value is -2.09. The third-order valence-electron chi connectivity index (χ3n) is 4.32. The number of hydrogen-bond acceptors (Lipinski definition) is 3. The van der Waals surface area contributed by atoms with Crippen molar-refractivity contribution in [3.05, 3.63) is 35.4 Å². The van der Waals surface area contributed by atoms with Gasteiger partial charge < -0.3 is 15.0 Å². The van der Waals surface area contributed by atoms with E-state index in [0.717, 1.165) is 12.1 Å². The maximum absolute atomic E-state index is 12.6. The minimum absolute atomic E-state index is 0.0237. The van der Waals surface area contributed by atoms with Crippen molar-refractivity contribution < 1.29 is 27.5 Å². The summed E-state index contributed by atoms with van der Waals surface area (Å²) in [6, 6.07) is 4.82. The molecule has 5 nitrogen and oxygen atoms in total. The van der Waals surface area contributed by atoms with Crippen LogP contribution in [0.5, 0.6) is 0 Å². The molecule has 1 aliphatic rings. The Kier molecular flexibility index (Phi) is 7.02. The second-order valence-electron chi connectivity index (χ2n) is 6.32. The van der Waals surface area contributed by atoms with Gasteiger partial charge in [0.05, 0.1) is 18.8 Å². The highest BCUT2D eigenvalue weighted by Crippen LogP contribution is 2.30. The fraction of sp³-hybridized carbons (Fsp3) is 0.556. The van der Waals surface area contributed by atoms with E-state index >= 15 is 0 Å². The first kappa shape index (κ1) is 20.2. The molecule has 0 saturated carbocycles. The van der Waals surface area contributed by atoms with Crippen LogP contribution >= 0.6 is 0 Å². The average molecular weight is 372 g/mol. The van der Waals surface area contributed by atoms with Gasteiger partial charge >= 0.3 is 6.18 Å². The molecule has 0 radical (unpaired) electrons. The van der Waals surface area contributed by atoms with Gasteiger partial charge in [-0.3, -0.25) is 9.59 Å². The van der Waals surface area contributed by atoms with Gasteiger partial charge in [-0.15, -0.1) is 0 Å². The number of rotatable bonds is 6. The predicted molar refractivity (Wildman–Crippen MR) is 89.5 cm³/mol. The Morgan fingerprint density at radius 3 is 2.38 bits per heavy atom. The number of ether oxygens (including phenoxy) is 1. The molecule has 1 heterocycles. The number of carbonyl (C=O) groups excluding carboxylic acids is 2. The quantitative estimate of drug-likeness (QED) is 0.835. The molecule has 8 heteroatoms.